The highest BCUT2D eigenvalue weighted by atomic mass is 32.1. The van der Waals surface area contributed by atoms with Crippen LogP contribution in [0.5, 0.6) is 0 Å². The van der Waals surface area contributed by atoms with Gasteiger partial charge in [-0.3, -0.25) is 4.79 Å². The van der Waals surface area contributed by atoms with Crippen molar-refractivity contribution in [1.82, 2.24) is 9.97 Å². The molecule has 1 aliphatic carbocycles. The van der Waals surface area contributed by atoms with Crippen LogP contribution in [-0.2, 0) is 12.8 Å². The molecule has 1 atom stereocenters. The number of aromatic nitrogens is 2. The summed E-state index contributed by atoms with van der Waals surface area (Å²) >= 11 is 1.71. The molecule has 0 radical (unpaired) electrons. The predicted octanol–water partition coefficient (Wildman–Crippen LogP) is 4.76. The predicted molar refractivity (Wildman–Crippen MR) is 101 cm³/mol. The quantitative estimate of drug-likeness (QED) is 0.738. The molecular weight excluding hydrogens is 330 g/mol. The van der Waals surface area contributed by atoms with Crippen molar-refractivity contribution < 1.29 is 4.79 Å². The lowest BCUT2D eigenvalue weighted by atomic mass is 9.86. The number of carbonyl (C=O) groups is 1. The fourth-order valence-electron chi connectivity index (χ4n) is 3.18. The summed E-state index contributed by atoms with van der Waals surface area (Å²) in [6, 6.07) is 12.4. The van der Waals surface area contributed by atoms with Crippen LogP contribution >= 0.6 is 11.3 Å². The molecule has 0 amide bonds. The van der Waals surface area contributed by atoms with Gasteiger partial charge in [-0.1, -0.05) is 25.1 Å². The Morgan fingerprint density at radius 3 is 2.76 bits per heavy atom. The van der Waals surface area contributed by atoms with E-state index in [1.807, 2.05) is 18.2 Å². The molecule has 0 spiro atoms. The number of hydrogen-bond donors (Lipinski definition) is 1. The SMILES string of the molecule is CCc1ccc(Nc2ncc3c(n2)CC(c2cccs2)CC3=O)cc1. The van der Waals surface area contributed by atoms with Gasteiger partial charge < -0.3 is 5.32 Å². The van der Waals surface area contributed by atoms with Crippen LogP contribution in [0.25, 0.3) is 0 Å². The number of fused-ring (bicyclic) bond motifs is 1. The van der Waals surface area contributed by atoms with Crippen molar-refractivity contribution in [1.29, 1.82) is 0 Å². The summed E-state index contributed by atoms with van der Waals surface area (Å²) in [7, 11) is 0. The summed E-state index contributed by atoms with van der Waals surface area (Å²) in [5.41, 5.74) is 3.76. The van der Waals surface area contributed by atoms with E-state index in [4.69, 9.17) is 0 Å². The lowest BCUT2D eigenvalue weighted by molar-refractivity contribution is 0.0963. The van der Waals surface area contributed by atoms with Gasteiger partial charge in [0, 0.05) is 29.1 Å². The Morgan fingerprint density at radius 2 is 2.04 bits per heavy atom. The molecular formula is C20H19N3OS. The second-order valence-corrected chi connectivity index (χ2v) is 7.25. The van der Waals surface area contributed by atoms with Crippen LogP contribution in [0, 0.1) is 0 Å². The number of aryl methyl sites for hydroxylation is 1. The highest BCUT2D eigenvalue weighted by molar-refractivity contribution is 7.10. The third-order valence-corrected chi connectivity index (χ3v) is 5.64. The molecule has 1 aromatic carbocycles. The van der Waals surface area contributed by atoms with Crippen LogP contribution in [-0.4, -0.2) is 15.8 Å². The molecule has 1 aliphatic rings. The topological polar surface area (TPSA) is 54.9 Å². The Balaban J connectivity index is 1.58. The summed E-state index contributed by atoms with van der Waals surface area (Å²) in [4.78, 5) is 22.6. The molecule has 4 rings (SSSR count). The number of hydrogen-bond acceptors (Lipinski definition) is 5. The van der Waals surface area contributed by atoms with Crippen LogP contribution in [0.2, 0.25) is 0 Å². The molecule has 0 saturated carbocycles. The van der Waals surface area contributed by atoms with Crippen molar-refractivity contribution in [2.45, 2.75) is 32.1 Å². The Hall–Kier alpha value is -2.53. The lowest BCUT2D eigenvalue weighted by Gasteiger charge is -2.22. The van der Waals surface area contributed by atoms with Gasteiger partial charge >= 0.3 is 0 Å². The smallest absolute Gasteiger partial charge is 0.227 e. The van der Waals surface area contributed by atoms with Gasteiger partial charge in [0.15, 0.2) is 5.78 Å². The largest absolute Gasteiger partial charge is 0.324 e. The minimum atomic E-state index is 0.137. The van der Waals surface area contributed by atoms with Crippen LogP contribution < -0.4 is 5.32 Å². The summed E-state index contributed by atoms with van der Waals surface area (Å²) in [5.74, 6) is 0.910. The normalized spacial score (nSPS) is 16.5. The molecule has 0 saturated heterocycles. The molecule has 3 aromatic rings. The molecule has 1 unspecified atom stereocenters. The summed E-state index contributed by atoms with van der Waals surface area (Å²) in [6.07, 6.45) is 4.01. The van der Waals surface area contributed by atoms with Crippen molar-refractivity contribution in [3.05, 3.63) is 69.7 Å². The second-order valence-electron chi connectivity index (χ2n) is 6.27. The Bertz CT molecular complexity index is 888. The van der Waals surface area contributed by atoms with E-state index < -0.39 is 0 Å². The number of nitrogens with zero attached hydrogens (tertiary/aromatic N) is 2. The van der Waals surface area contributed by atoms with E-state index in [-0.39, 0.29) is 11.7 Å². The van der Waals surface area contributed by atoms with Crippen LogP contribution in [0.4, 0.5) is 11.6 Å². The van der Waals surface area contributed by atoms with Crippen LogP contribution in [0.3, 0.4) is 0 Å². The molecule has 0 fully saturated rings. The first-order chi connectivity index (χ1) is 12.2. The number of nitrogens with one attached hydrogen (secondary N) is 1. The number of Topliss-reactive ketones (excluding diaryl/α,β-unsaturated/α-hetero) is 1. The van der Waals surface area contributed by atoms with E-state index in [0.29, 0.717) is 17.9 Å². The number of carbonyl (C=O) groups excluding carboxylic acids is 1. The molecule has 4 nitrogen and oxygen atoms in total. The number of anilines is 2. The van der Waals surface area contributed by atoms with E-state index in [9.17, 15) is 4.79 Å². The standard InChI is InChI=1S/C20H19N3OS/c1-2-13-5-7-15(8-6-13)22-20-21-12-16-17(23-20)10-14(11-18(16)24)19-4-3-9-25-19/h3-9,12,14H,2,10-11H2,1H3,(H,21,22,23). The first-order valence-electron chi connectivity index (χ1n) is 8.51. The highest BCUT2D eigenvalue weighted by Crippen LogP contribution is 2.34. The highest BCUT2D eigenvalue weighted by Gasteiger charge is 2.28. The number of benzene rings is 1. The zero-order valence-electron chi connectivity index (χ0n) is 14.0. The fourth-order valence-corrected chi connectivity index (χ4v) is 4.01. The zero-order valence-corrected chi connectivity index (χ0v) is 14.8. The second kappa shape index (κ2) is 6.76. The maximum absolute atomic E-state index is 12.4. The first kappa shape index (κ1) is 16.0. The summed E-state index contributed by atoms with van der Waals surface area (Å²) < 4.78 is 0. The molecule has 2 aromatic heterocycles. The van der Waals surface area contributed by atoms with Gasteiger partial charge in [-0.2, -0.15) is 0 Å². The Labute approximate surface area is 151 Å². The van der Waals surface area contributed by atoms with E-state index in [2.05, 4.69) is 45.8 Å². The number of ketones is 1. The third kappa shape index (κ3) is 3.33. The Kier molecular flexibility index (Phi) is 4.32. The number of rotatable bonds is 4. The third-order valence-electron chi connectivity index (χ3n) is 4.60. The average molecular weight is 349 g/mol. The van der Waals surface area contributed by atoms with Gasteiger partial charge in [-0.05, 0) is 42.0 Å². The van der Waals surface area contributed by atoms with Gasteiger partial charge in [0.05, 0.1) is 11.3 Å². The molecule has 0 aliphatic heterocycles. The van der Waals surface area contributed by atoms with Crippen molar-refractivity contribution in [3.63, 3.8) is 0 Å². The first-order valence-corrected chi connectivity index (χ1v) is 9.39. The maximum atomic E-state index is 12.4. The van der Waals surface area contributed by atoms with E-state index >= 15 is 0 Å². The fraction of sp³-hybridized carbons (Fsp3) is 0.250. The van der Waals surface area contributed by atoms with Gasteiger partial charge in [-0.25, -0.2) is 9.97 Å². The minimum Gasteiger partial charge on any atom is -0.324 e. The zero-order chi connectivity index (χ0) is 17.2. The van der Waals surface area contributed by atoms with Crippen molar-refractivity contribution in [2.75, 3.05) is 5.32 Å². The van der Waals surface area contributed by atoms with Crippen molar-refractivity contribution in [2.24, 2.45) is 0 Å². The molecule has 2 heterocycles. The van der Waals surface area contributed by atoms with E-state index in [1.165, 1.54) is 10.4 Å². The minimum absolute atomic E-state index is 0.137. The Morgan fingerprint density at radius 1 is 1.20 bits per heavy atom. The van der Waals surface area contributed by atoms with Crippen LogP contribution in [0.1, 0.15) is 45.8 Å². The molecule has 0 bridgehead atoms. The summed E-state index contributed by atoms with van der Waals surface area (Å²) in [5, 5.41) is 5.30. The maximum Gasteiger partial charge on any atom is 0.227 e. The van der Waals surface area contributed by atoms with Gasteiger partial charge in [0.25, 0.3) is 0 Å². The van der Waals surface area contributed by atoms with Crippen molar-refractivity contribution in [3.8, 4) is 0 Å². The molecule has 5 heteroatoms. The lowest BCUT2D eigenvalue weighted by Crippen LogP contribution is -2.20. The van der Waals surface area contributed by atoms with E-state index in [0.717, 1.165) is 24.2 Å². The average Bonchev–Trinajstić information content (AvgIpc) is 3.17. The van der Waals surface area contributed by atoms with E-state index in [1.54, 1.807) is 17.5 Å². The molecule has 25 heavy (non-hydrogen) atoms. The van der Waals surface area contributed by atoms with Gasteiger partial charge in [-0.15, -0.1) is 11.3 Å². The molecule has 126 valence electrons. The summed E-state index contributed by atoms with van der Waals surface area (Å²) in [6.45, 7) is 2.13. The van der Waals surface area contributed by atoms with Crippen LogP contribution in [0.15, 0.2) is 48.0 Å². The van der Waals surface area contributed by atoms with Gasteiger partial charge in [0.1, 0.15) is 0 Å². The van der Waals surface area contributed by atoms with Gasteiger partial charge in [0.2, 0.25) is 5.95 Å². The number of thiophene rings is 1. The van der Waals surface area contributed by atoms with Crippen molar-refractivity contribution >= 4 is 28.8 Å². The monoisotopic (exact) mass is 349 g/mol. The molecule has 1 N–H and O–H groups in total.